The molecule has 4 heteroatoms. The van der Waals surface area contributed by atoms with Crippen LogP contribution in [0.4, 0.5) is 0 Å². The molecule has 2 heterocycles. The molecule has 0 aromatic carbocycles. The van der Waals surface area contributed by atoms with Gasteiger partial charge in [-0.2, -0.15) is 5.10 Å². The number of piperidine rings is 1. The number of aryl methyl sites for hydroxylation is 2. The second-order valence-electron chi connectivity index (χ2n) is 5.25. The Kier molecular flexibility index (Phi) is 4.04. The summed E-state index contributed by atoms with van der Waals surface area (Å²) in [5.41, 5.74) is 2.48. The van der Waals surface area contributed by atoms with Gasteiger partial charge in [0.2, 0.25) is 0 Å². The van der Waals surface area contributed by atoms with Crippen molar-refractivity contribution in [3.8, 4) is 0 Å². The van der Waals surface area contributed by atoms with E-state index in [1.165, 1.54) is 6.42 Å². The van der Waals surface area contributed by atoms with Gasteiger partial charge in [-0.05, 0) is 39.5 Å². The smallest absolute Gasteiger partial charge is 0.257 e. The molecule has 1 amide bonds. The summed E-state index contributed by atoms with van der Waals surface area (Å²) in [4.78, 5) is 14.7. The zero-order valence-electron chi connectivity index (χ0n) is 11.6. The third-order valence-corrected chi connectivity index (χ3v) is 3.85. The molecule has 1 aromatic rings. The number of amides is 1. The summed E-state index contributed by atoms with van der Waals surface area (Å²) in [6, 6.07) is 0.421. The molecule has 0 saturated carbocycles. The third kappa shape index (κ3) is 2.42. The molecule has 0 bridgehead atoms. The van der Waals surface area contributed by atoms with Gasteiger partial charge in [-0.1, -0.05) is 13.3 Å². The highest BCUT2D eigenvalue weighted by atomic mass is 16.2. The number of rotatable bonds is 3. The summed E-state index contributed by atoms with van der Waals surface area (Å²) in [6.45, 7) is 6.90. The first-order chi connectivity index (χ1) is 8.65. The molecule has 1 aliphatic rings. The Labute approximate surface area is 109 Å². The van der Waals surface area contributed by atoms with Crippen molar-refractivity contribution in [3.05, 3.63) is 17.0 Å². The minimum Gasteiger partial charge on any atom is -0.336 e. The standard InChI is InChI=1S/C14H23N3O/c1-4-7-12-8-5-6-9-17(12)14(18)13-10(2)15-16-11(13)3/h12H,4-9H2,1-3H3,(H,15,16). The van der Waals surface area contributed by atoms with Gasteiger partial charge >= 0.3 is 0 Å². The number of carbonyl (C=O) groups excluding carboxylic acids is 1. The van der Waals surface area contributed by atoms with E-state index < -0.39 is 0 Å². The topological polar surface area (TPSA) is 49.0 Å². The Bertz CT molecular complexity index is 403. The summed E-state index contributed by atoms with van der Waals surface area (Å²) in [5.74, 6) is 0.164. The molecule has 0 radical (unpaired) electrons. The minimum atomic E-state index is 0.164. The maximum atomic E-state index is 12.7. The Morgan fingerprint density at radius 1 is 1.44 bits per heavy atom. The van der Waals surface area contributed by atoms with Gasteiger partial charge in [0.25, 0.3) is 5.91 Å². The van der Waals surface area contributed by atoms with Crippen molar-refractivity contribution in [2.24, 2.45) is 0 Å². The largest absolute Gasteiger partial charge is 0.336 e. The van der Waals surface area contributed by atoms with E-state index in [1.807, 2.05) is 13.8 Å². The van der Waals surface area contributed by atoms with Gasteiger partial charge in [0.05, 0.1) is 11.3 Å². The van der Waals surface area contributed by atoms with Gasteiger partial charge in [-0.25, -0.2) is 0 Å². The predicted octanol–water partition coefficient (Wildman–Crippen LogP) is 2.82. The minimum absolute atomic E-state index is 0.164. The van der Waals surface area contributed by atoms with E-state index in [0.717, 1.165) is 49.2 Å². The van der Waals surface area contributed by atoms with Gasteiger partial charge in [0.1, 0.15) is 0 Å². The van der Waals surface area contributed by atoms with Crippen LogP contribution in [0.15, 0.2) is 0 Å². The van der Waals surface area contributed by atoms with E-state index in [2.05, 4.69) is 22.0 Å². The van der Waals surface area contributed by atoms with Crippen LogP contribution in [0.5, 0.6) is 0 Å². The van der Waals surface area contributed by atoms with Crippen LogP contribution in [0.3, 0.4) is 0 Å². The molecule has 18 heavy (non-hydrogen) atoms. The molecule has 100 valence electrons. The van der Waals surface area contributed by atoms with Gasteiger partial charge < -0.3 is 4.90 Å². The highest BCUT2D eigenvalue weighted by Crippen LogP contribution is 2.24. The number of aromatic nitrogens is 2. The average Bonchev–Trinajstić information content (AvgIpc) is 2.69. The van der Waals surface area contributed by atoms with E-state index in [4.69, 9.17) is 0 Å². The molecule has 1 fully saturated rings. The first kappa shape index (κ1) is 13.1. The average molecular weight is 249 g/mol. The number of H-pyrrole nitrogens is 1. The van der Waals surface area contributed by atoms with Crippen molar-refractivity contribution in [3.63, 3.8) is 0 Å². The quantitative estimate of drug-likeness (QED) is 0.895. The highest BCUT2D eigenvalue weighted by Gasteiger charge is 2.29. The van der Waals surface area contributed by atoms with E-state index >= 15 is 0 Å². The highest BCUT2D eigenvalue weighted by molar-refractivity contribution is 5.96. The van der Waals surface area contributed by atoms with Crippen LogP contribution in [0, 0.1) is 13.8 Å². The first-order valence-corrected chi connectivity index (χ1v) is 6.97. The summed E-state index contributed by atoms with van der Waals surface area (Å²) in [5, 5.41) is 7.04. The molecule has 0 spiro atoms. The Morgan fingerprint density at radius 3 is 2.83 bits per heavy atom. The first-order valence-electron chi connectivity index (χ1n) is 6.97. The lowest BCUT2D eigenvalue weighted by Gasteiger charge is -2.35. The fraction of sp³-hybridized carbons (Fsp3) is 0.714. The van der Waals surface area contributed by atoms with Crippen molar-refractivity contribution in [2.45, 2.75) is 58.9 Å². The lowest BCUT2D eigenvalue weighted by atomic mass is 9.97. The fourth-order valence-electron chi connectivity index (χ4n) is 2.91. The van der Waals surface area contributed by atoms with Gasteiger partial charge in [0, 0.05) is 18.3 Å². The molecule has 1 atom stereocenters. The summed E-state index contributed by atoms with van der Waals surface area (Å²) in [6.07, 6.45) is 5.77. The lowest BCUT2D eigenvalue weighted by Crippen LogP contribution is -2.44. The van der Waals surface area contributed by atoms with Crippen molar-refractivity contribution in [1.29, 1.82) is 0 Å². The van der Waals surface area contributed by atoms with E-state index in [-0.39, 0.29) is 5.91 Å². The fourth-order valence-corrected chi connectivity index (χ4v) is 2.91. The van der Waals surface area contributed by atoms with Crippen LogP contribution in [-0.2, 0) is 0 Å². The molecular weight excluding hydrogens is 226 g/mol. The molecular formula is C14H23N3O. The van der Waals surface area contributed by atoms with Crippen LogP contribution < -0.4 is 0 Å². The molecule has 1 aromatic heterocycles. The summed E-state index contributed by atoms with van der Waals surface area (Å²) in [7, 11) is 0. The van der Waals surface area contributed by atoms with Crippen molar-refractivity contribution >= 4 is 5.91 Å². The van der Waals surface area contributed by atoms with Crippen LogP contribution in [0.25, 0.3) is 0 Å². The van der Waals surface area contributed by atoms with Gasteiger partial charge in [0.15, 0.2) is 0 Å². The SMILES string of the molecule is CCCC1CCCCN1C(=O)c1c(C)n[nH]c1C. The zero-order chi connectivity index (χ0) is 13.1. The number of aromatic amines is 1. The molecule has 1 unspecified atom stereocenters. The van der Waals surface area contributed by atoms with Crippen LogP contribution >= 0.6 is 0 Å². The molecule has 1 N–H and O–H groups in total. The number of carbonyl (C=O) groups is 1. The second kappa shape index (κ2) is 5.55. The van der Waals surface area contributed by atoms with Crippen molar-refractivity contribution in [2.75, 3.05) is 6.54 Å². The number of nitrogens with one attached hydrogen (secondary N) is 1. The number of hydrogen-bond donors (Lipinski definition) is 1. The number of nitrogens with zero attached hydrogens (tertiary/aromatic N) is 2. The number of hydrogen-bond acceptors (Lipinski definition) is 2. The Balaban J connectivity index is 2.21. The van der Waals surface area contributed by atoms with E-state index in [9.17, 15) is 4.79 Å². The van der Waals surface area contributed by atoms with Crippen molar-refractivity contribution in [1.82, 2.24) is 15.1 Å². The predicted molar refractivity (Wildman–Crippen MR) is 71.6 cm³/mol. The normalized spacial score (nSPS) is 20.2. The van der Waals surface area contributed by atoms with Gasteiger partial charge in [-0.3, -0.25) is 9.89 Å². The number of likely N-dealkylation sites (tertiary alicyclic amines) is 1. The summed E-state index contributed by atoms with van der Waals surface area (Å²) < 4.78 is 0. The lowest BCUT2D eigenvalue weighted by molar-refractivity contribution is 0.0599. The molecule has 2 rings (SSSR count). The molecule has 1 aliphatic heterocycles. The molecule has 0 aliphatic carbocycles. The monoisotopic (exact) mass is 249 g/mol. The second-order valence-corrected chi connectivity index (χ2v) is 5.25. The van der Waals surface area contributed by atoms with E-state index in [1.54, 1.807) is 0 Å². The maximum absolute atomic E-state index is 12.7. The Morgan fingerprint density at radius 2 is 2.22 bits per heavy atom. The Hall–Kier alpha value is -1.32. The zero-order valence-corrected chi connectivity index (χ0v) is 11.6. The van der Waals surface area contributed by atoms with Crippen LogP contribution in [-0.4, -0.2) is 33.6 Å². The van der Waals surface area contributed by atoms with Crippen LogP contribution in [0.2, 0.25) is 0 Å². The summed E-state index contributed by atoms with van der Waals surface area (Å²) >= 11 is 0. The third-order valence-electron chi connectivity index (χ3n) is 3.85. The molecule has 4 nitrogen and oxygen atoms in total. The van der Waals surface area contributed by atoms with Crippen molar-refractivity contribution < 1.29 is 4.79 Å². The molecule has 1 saturated heterocycles. The van der Waals surface area contributed by atoms with E-state index in [0.29, 0.717) is 6.04 Å². The maximum Gasteiger partial charge on any atom is 0.257 e. The van der Waals surface area contributed by atoms with Gasteiger partial charge in [-0.15, -0.1) is 0 Å². The van der Waals surface area contributed by atoms with Crippen LogP contribution in [0.1, 0.15) is 60.8 Å².